The molecule has 0 bridgehead atoms. The van der Waals surface area contributed by atoms with E-state index in [4.69, 9.17) is 4.74 Å². The molecule has 2 aromatic rings. The summed E-state index contributed by atoms with van der Waals surface area (Å²) in [5.41, 5.74) is 0.321. The van der Waals surface area contributed by atoms with Crippen molar-refractivity contribution < 1.29 is 14.3 Å². The van der Waals surface area contributed by atoms with Crippen molar-refractivity contribution >= 4 is 28.2 Å². The van der Waals surface area contributed by atoms with Gasteiger partial charge in [0.25, 0.3) is 5.91 Å². The zero-order valence-corrected chi connectivity index (χ0v) is 13.3. The quantitative estimate of drug-likeness (QED) is 0.921. The lowest BCUT2D eigenvalue weighted by atomic mass is 9.92. The highest BCUT2D eigenvalue weighted by atomic mass is 32.1. The van der Waals surface area contributed by atoms with Crippen LogP contribution in [0.15, 0.2) is 18.2 Å². The van der Waals surface area contributed by atoms with Gasteiger partial charge in [-0.05, 0) is 39.0 Å². The van der Waals surface area contributed by atoms with Crippen LogP contribution in [0.3, 0.4) is 0 Å². The molecule has 1 aromatic carbocycles. The normalized spacial score (nSPS) is 15.9. The maximum atomic E-state index is 12.2. The van der Waals surface area contributed by atoms with Gasteiger partial charge in [-0.1, -0.05) is 11.3 Å². The average molecular weight is 317 g/mol. The van der Waals surface area contributed by atoms with Gasteiger partial charge in [0.1, 0.15) is 16.4 Å². The zero-order chi connectivity index (χ0) is 15.9. The summed E-state index contributed by atoms with van der Waals surface area (Å²) in [7, 11) is 0. The predicted molar refractivity (Wildman–Crippen MR) is 82.7 cm³/mol. The summed E-state index contributed by atoms with van der Waals surface area (Å²) < 4.78 is 5.77. The second kappa shape index (κ2) is 5.17. The number of ether oxygens (including phenoxy) is 1. The molecule has 0 saturated heterocycles. The molecule has 1 aromatic heterocycles. The standard InChI is InChI=1S/C15H15N3O3S/c1-8-17-18-14(22-8)16-13(20)9-4-5-12-10(6-9)11(19)7-15(2,3)21-12/h4-6H,7H2,1-3H3,(H,16,18,20). The van der Waals surface area contributed by atoms with Crippen LogP contribution in [0.4, 0.5) is 5.13 Å². The number of hydrogen-bond donors (Lipinski definition) is 1. The lowest BCUT2D eigenvalue weighted by Crippen LogP contribution is -2.36. The van der Waals surface area contributed by atoms with Gasteiger partial charge < -0.3 is 4.74 Å². The Kier molecular flexibility index (Phi) is 3.44. The van der Waals surface area contributed by atoms with Gasteiger partial charge >= 0.3 is 0 Å². The largest absolute Gasteiger partial charge is 0.487 e. The molecule has 1 aliphatic rings. The smallest absolute Gasteiger partial charge is 0.257 e. The number of fused-ring (bicyclic) bond motifs is 1. The van der Waals surface area contributed by atoms with E-state index in [0.29, 0.717) is 28.4 Å². The van der Waals surface area contributed by atoms with E-state index < -0.39 is 5.60 Å². The van der Waals surface area contributed by atoms with Crippen LogP contribution >= 0.6 is 11.3 Å². The van der Waals surface area contributed by atoms with Crippen LogP contribution < -0.4 is 10.1 Å². The Balaban J connectivity index is 1.86. The predicted octanol–water partition coefficient (Wildman–Crippen LogP) is 2.84. The fraction of sp³-hybridized carbons (Fsp3) is 0.333. The molecule has 0 fully saturated rings. The first-order valence-corrected chi connectivity index (χ1v) is 7.63. The van der Waals surface area contributed by atoms with Gasteiger partial charge in [0.15, 0.2) is 5.78 Å². The maximum Gasteiger partial charge on any atom is 0.257 e. The topological polar surface area (TPSA) is 81.2 Å². The highest BCUT2D eigenvalue weighted by molar-refractivity contribution is 7.15. The maximum absolute atomic E-state index is 12.2. The van der Waals surface area contributed by atoms with Crippen LogP contribution in [0.1, 0.15) is 46.0 Å². The van der Waals surface area contributed by atoms with Crippen LogP contribution in [0.5, 0.6) is 5.75 Å². The fourth-order valence-corrected chi connectivity index (χ4v) is 2.90. The van der Waals surface area contributed by atoms with E-state index in [1.807, 2.05) is 20.8 Å². The molecule has 3 rings (SSSR count). The number of anilines is 1. The minimum atomic E-state index is -0.516. The van der Waals surface area contributed by atoms with E-state index in [-0.39, 0.29) is 11.7 Å². The molecule has 114 valence electrons. The summed E-state index contributed by atoms with van der Waals surface area (Å²) in [6, 6.07) is 4.86. The summed E-state index contributed by atoms with van der Waals surface area (Å²) in [5, 5.41) is 11.6. The molecule has 0 spiro atoms. The molecular weight excluding hydrogens is 302 g/mol. The summed E-state index contributed by atoms with van der Waals surface area (Å²) in [6.07, 6.45) is 0.292. The molecular formula is C15H15N3O3S. The van der Waals surface area contributed by atoms with Crippen LogP contribution in [-0.2, 0) is 0 Å². The molecule has 0 unspecified atom stereocenters. The highest BCUT2D eigenvalue weighted by Gasteiger charge is 2.32. The van der Waals surface area contributed by atoms with Gasteiger partial charge in [0.2, 0.25) is 5.13 Å². The summed E-state index contributed by atoms with van der Waals surface area (Å²) in [4.78, 5) is 24.4. The number of nitrogens with zero attached hydrogens (tertiary/aromatic N) is 2. The minimum absolute atomic E-state index is 0.0207. The highest BCUT2D eigenvalue weighted by Crippen LogP contribution is 2.33. The Morgan fingerprint density at radius 3 is 2.82 bits per heavy atom. The van der Waals surface area contributed by atoms with Crippen molar-refractivity contribution in [3.05, 3.63) is 34.3 Å². The molecule has 0 aliphatic carbocycles. The second-order valence-corrected chi connectivity index (χ2v) is 6.93. The number of rotatable bonds is 2. The molecule has 0 saturated carbocycles. The molecule has 0 radical (unpaired) electrons. The number of carbonyl (C=O) groups is 2. The minimum Gasteiger partial charge on any atom is -0.487 e. The Labute approximate surface area is 131 Å². The number of benzene rings is 1. The van der Waals surface area contributed by atoms with Gasteiger partial charge in [-0.3, -0.25) is 14.9 Å². The first-order valence-electron chi connectivity index (χ1n) is 6.82. The van der Waals surface area contributed by atoms with E-state index in [0.717, 1.165) is 5.01 Å². The number of amides is 1. The number of aryl methyl sites for hydroxylation is 1. The molecule has 0 atom stereocenters. The first-order chi connectivity index (χ1) is 10.3. The van der Waals surface area contributed by atoms with E-state index in [1.54, 1.807) is 18.2 Å². The summed E-state index contributed by atoms with van der Waals surface area (Å²) in [5.74, 6) is 0.175. The number of Topliss-reactive ketones (excluding diaryl/α,β-unsaturated/α-hetero) is 1. The molecule has 1 N–H and O–H groups in total. The Morgan fingerprint density at radius 1 is 1.36 bits per heavy atom. The molecule has 2 heterocycles. The van der Waals surface area contributed by atoms with Crippen LogP contribution in [0.25, 0.3) is 0 Å². The average Bonchev–Trinajstić information content (AvgIpc) is 2.82. The molecule has 1 amide bonds. The van der Waals surface area contributed by atoms with Gasteiger partial charge in [-0.2, -0.15) is 0 Å². The first kappa shape index (κ1) is 14.6. The van der Waals surface area contributed by atoms with Crippen molar-refractivity contribution in [2.24, 2.45) is 0 Å². The monoisotopic (exact) mass is 317 g/mol. The Bertz CT molecular complexity index is 767. The van der Waals surface area contributed by atoms with Crippen LogP contribution in [0, 0.1) is 6.92 Å². The third-order valence-corrected chi connectivity index (χ3v) is 4.02. The number of nitrogens with one attached hydrogen (secondary N) is 1. The van der Waals surface area contributed by atoms with Crippen molar-refractivity contribution in [3.8, 4) is 5.75 Å². The van der Waals surface area contributed by atoms with Crippen molar-refractivity contribution in [2.75, 3.05) is 5.32 Å². The molecule has 22 heavy (non-hydrogen) atoms. The second-order valence-electron chi connectivity index (χ2n) is 5.75. The third-order valence-electron chi connectivity index (χ3n) is 3.26. The summed E-state index contributed by atoms with van der Waals surface area (Å²) >= 11 is 1.29. The molecule has 1 aliphatic heterocycles. The van der Waals surface area contributed by atoms with Gasteiger partial charge in [-0.15, -0.1) is 10.2 Å². The Morgan fingerprint density at radius 2 is 2.14 bits per heavy atom. The van der Waals surface area contributed by atoms with Crippen LogP contribution in [-0.4, -0.2) is 27.5 Å². The lowest BCUT2D eigenvalue weighted by molar-refractivity contribution is 0.0620. The van der Waals surface area contributed by atoms with E-state index in [1.165, 1.54) is 11.3 Å². The molecule has 7 heteroatoms. The van der Waals surface area contributed by atoms with Crippen molar-refractivity contribution in [3.63, 3.8) is 0 Å². The number of ketones is 1. The zero-order valence-electron chi connectivity index (χ0n) is 12.5. The van der Waals surface area contributed by atoms with Gasteiger partial charge in [-0.25, -0.2) is 0 Å². The van der Waals surface area contributed by atoms with E-state index in [2.05, 4.69) is 15.5 Å². The number of carbonyl (C=O) groups excluding carboxylic acids is 2. The van der Waals surface area contributed by atoms with Crippen molar-refractivity contribution in [1.82, 2.24) is 10.2 Å². The molecule has 6 nitrogen and oxygen atoms in total. The number of hydrogen-bond acceptors (Lipinski definition) is 6. The van der Waals surface area contributed by atoms with E-state index >= 15 is 0 Å². The number of aromatic nitrogens is 2. The van der Waals surface area contributed by atoms with Crippen LogP contribution in [0.2, 0.25) is 0 Å². The van der Waals surface area contributed by atoms with Gasteiger partial charge in [0.05, 0.1) is 12.0 Å². The lowest BCUT2D eigenvalue weighted by Gasteiger charge is -2.31. The van der Waals surface area contributed by atoms with Crippen molar-refractivity contribution in [2.45, 2.75) is 32.8 Å². The van der Waals surface area contributed by atoms with E-state index in [9.17, 15) is 9.59 Å². The fourth-order valence-electron chi connectivity index (χ4n) is 2.31. The van der Waals surface area contributed by atoms with Crippen molar-refractivity contribution in [1.29, 1.82) is 0 Å². The van der Waals surface area contributed by atoms with Gasteiger partial charge in [0, 0.05) is 5.56 Å². The third kappa shape index (κ3) is 2.85. The summed E-state index contributed by atoms with van der Waals surface area (Å²) in [6.45, 7) is 5.54. The SMILES string of the molecule is Cc1nnc(NC(=O)c2ccc3c(c2)C(=O)CC(C)(C)O3)s1. The Hall–Kier alpha value is -2.28.